The quantitative estimate of drug-likeness (QED) is 0.179. The van der Waals surface area contributed by atoms with Crippen LogP contribution in [-0.4, -0.2) is 9.55 Å². The number of aromatic nitrogens is 2. The molecule has 0 fully saturated rings. The maximum absolute atomic E-state index is 6.37. The molecule has 4 nitrogen and oxygen atoms in total. The fraction of sp³-hybridized carbons (Fsp3) is 0. The maximum atomic E-state index is 6.37. The minimum absolute atomic E-state index is 0.635. The van der Waals surface area contributed by atoms with Gasteiger partial charge in [-0.1, -0.05) is 115 Å². The van der Waals surface area contributed by atoms with Crippen molar-refractivity contribution in [3.8, 4) is 28.3 Å². The summed E-state index contributed by atoms with van der Waals surface area (Å²) in [4.78, 5) is 7.14. The van der Waals surface area contributed by atoms with Crippen LogP contribution in [-0.2, 0) is 0 Å². The lowest BCUT2D eigenvalue weighted by atomic mass is 9.97. The topological polar surface area (TPSA) is 34.2 Å². The van der Waals surface area contributed by atoms with Crippen molar-refractivity contribution in [2.24, 2.45) is 0 Å². The molecule has 8 aromatic carbocycles. The minimum Gasteiger partial charge on any atom is -0.435 e. The largest absolute Gasteiger partial charge is 0.435 e. The highest BCUT2D eigenvalue weighted by Gasteiger charge is 2.18. The number of nitrogens with zero attached hydrogens (tertiary/aromatic N) is 3. The summed E-state index contributed by atoms with van der Waals surface area (Å²) in [6.07, 6.45) is 0. The lowest BCUT2D eigenvalue weighted by Crippen LogP contribution is -2.10. The fourth-order valence-corrected chi connectivity index (χ4v) is 7.47. The van der Waals surface area contributed by atoms with Crippen molar-refractivity contribution < 1.29 is 4.42 Å². The van der Waals surface area contributed by atoms with Gasteiger partial charge < -0.3 is 13.9 Å². The van der Waals surface area contributed by atoms with Crippen molar-refractivity contribution in [1.29, 1.82) is 0 Å². The van der Waals surface area contributed by atoms with Crippen LogP contribution in [0.4, 0.5) is 17.1 Å². The Kier molecular flexibility index (Phi) is 6.78. The van der Waals surface area contributed by atoms with Gasteiger partial charge in [0.15, 0.2) is 5.58 Å². The minimum atomic E-state index is 0.635. The molecule has 2 heterocycles. The molecule has 0 spiro atoms. The molecule has 0 saturated heterocycles. The van der Waals surface area contributed by atoms with E-state index in [2.05, 4.69) is 167 Å². The molecular formula is C47H31N3O. The van der Waals surface area contributed by atoms with Gasteiger partial charge in [0, 0.05) is 44.5 Å². The summed E-state index contributed by atoms with van der Waals surface area (Å²) in [5.41, 5.74) is 11.7. The molecule has 0 bridgehead atoms. The molecule has 10 aromatic rings. The summed E-state index contributed by atoms with van der Waals surface area (Å²) < 4.78 is 8.74. The molecule has 0 aliphatic carbocycles. The van der Waals surface area contributed by atoms with Crippen LogP contribution in [0.3, 0.4) is 0 Å². The van der Waals surface area contributed by atoms with E-state index in [1.807, 2.05) is 30.3 Å². The molecule has 2 aromatic heterocycles. The van der Waals surface area contributed by atoms with Crippen LogP contribution in [0.25, 0.3) is 71.9 Å². The highest BCUT2D eigenvalue weighted by Crippen LogP contribution is 2.41. The Balaban J connectivity index is 1.09. The number of oxazole rings is 1. The highest BCUT2D eigenvalue weighted by atomic mass is 16.3. The molecule has 0 unspecified atom stereocenters. The zero-order chi connectivity index (χ0) is 33.7. The van der Waals surface area contributed by atoms with E-state index in [0.717, 1.165) is 61.3 Å². The number of hydrogen-bond acceptors (Lipinski definition) is 3. The molecule has 0 N–H and O–H groups in total. The molecule has 240 valence electrons. The van der Waals surface area contributed by atoms with Gasteiger partial charge in [0.1, 0.15) is 5.52 Å². The molecule has 0 aliphatic rings. The third-order valence-corrected chi connectivity index (χ3v) is 9.81. The first-order chi connectivity index (χ1) is 25.3. The Morgan fingerprint density at radius 3 is 1.86 bits per heavy atom. The Bertz CT molecular complexity index is 2840. The lowest BCUT2D eigenvalue weighted by molar-refractivity contribution is 0.623. The normalized spacial score (nSPS) is 11.5. The van der Waals surface area contributed by atoms with E-state index < -0.39 is 0 Å². The van der Waals surface area contributed by atoms with Crippen molar-refractivity contribution in [2.75, 3.05) is 4.90 Å². The maximum Gasteiger partial charge on any atom is 0.227 e. The van der Waals surface area contributed by atoms with Crippen molar-refractivity contribution in [3.63, 3.8) is 0 Å². The van der Waals surface area contributed by atoms with Crippen molar-refractivity contribution in [1.82, 2.24) is 9.55 Å². The van der Waals surface area contributed by atoms with Crippen molar-refractivity contribution in [2.45, 2.75) is 0 Å². The van der Waals surface area contributed by atoms with Gasteiger partial charge in [-0.25, -0.2) is 4.98 Å². The third kappa shape index (κ3) is 4.88. The molecule has 51 heavy (non-hydrogen) atoms. The smallest absolute Gasteiger partial charge is 0.227 e. The van der Waals surface area contributed by atoms with Gasteiger partial charge in [-0.3, -0.25) is 0 Å². The number of hydrogen-bond donors (Lipinski definition) is 0. The monoisotopic (exact) mass is 653 g/mol. The molecule has 0 aliphatic heterocycles. The number of rotatable bonds is 6. The molecule has 0 amide bonds. The fourth-order valence-electron chi connectivity index (χ4n) is 7.47. The Labute approximate surface area is 295 Å². The zero-order valence-electron chi connectivity index (χ0n) is 27.6. The second-order valence-electron chi connectivity index (χ2n) is 12.8. The SMILES string of the molecule is c1ccc(-c2nc3ccc4c(-c5ccc(N(c6ccccc6)c6ccc7c8ccccc8n(-c8ccccc8)c7c6)cc5)cccc4c3o2)cc1. The van der Waals surface area contributed by atoms with E-state index in [9.17, 15) is 0 Å². The van der Waals surface area contributed by atoms with E-state index >= 15 is 0 Å². The summed E-state index contributed by atoms with van der Waals surface area (Å²) in [5.74, 6) is 0.635. The van der Waals surface area contributed by atoms with Crippen LogP contribution in [0, 0.1) is 0 Å². The van der Waals surface area contributed by atoms with Crippen LogP contribution in [0.15, 0.2) is 192 Å². The lowest BCUT2D eigenvalue weighted by Gasteiger charge is -2.26. The third-order valence-electron chi connectivity index (χ3n) is 9.81. The Hall–Kier alpha value is -6.91. The van der Waals surface area contributed by atoms with Crippen molar-refractivity contribution >= 4 is 60.7 Å². The molecule has 10 rings (SSSR count). The van der Waals surface area contributed by atoms with Crippen molar-refractivity contribution in [3.05, 3.63) is 188 Å². The van der Waals surface area contributed by atoms with Crippen LogP contribution in [0.1, 0.15) is 0 Å². The molecular weight excluding hydrogens is 623 g/mol. The summed E-state index contributed by atoms with van der Waals surface area (Å²) in [6.45, 7) is 0. The number of benzene rings is 8. The second kappa shape index (κ2) is 11.9. The van der Waals surface area contributed by atoms with Gasteiger partial charge in [0.2, 0.25) is 5.89 Å². The van der Waals surface area contributed by atoms with E-state index in [1.54, 1.807) is 0 Å². The highest BCUT2D eigenvalue weighted by molar-refractivity contribution is 6.11. The van der Waals surface area contributed by atoms with Crippen LogP contribution in [0.5, 0.6) is 0 Å². The summed E-state index contributed by atoms with van der Waals surface area (Å²) in [7, 11) is 0. The van der Waals surface area contributed by atoms with Gasteiger partial charge in [-0.2, -0.15) is 0 Å². The number of fused-ring (bicyclic) bond motifs is 6. The average Bonchev–Trinajstić information content (AvgIpc) is 3.79. The van der Waals surface area contributed by atoms with Crippen LogP contribution in [0.2, 0.25) is 0 Å². The van der Waals surface area contributed by atoms with E-state index in [1.165, 1.54) is 21.8 Å². The average molecular weight is 654 g/mol. The van der Waals surface area contributed by atoms with E-state index in [0.29, 0.717) is 5.89 Å². The van der Waals surface area contributed by atoms with Gasteiger partial charge >= 0.3 is 0 Å². The van der Waals surface area contributed by atoms with Crippen LogP contribution < -0.4 is 4.90 Å². The van der Waals surface area contributed by atoms with E-state index in [-0.39, 0.29) is 0 Å². The molecule has 0 saturated carbocycles. The predicted octanol–water partition coefficient (Wildman–Crippen LogP) is 12.9. The molecule has 0 atom stereocenters. The predicted molar refractivity (Wildman–Crippen MR) is 211 cm³/mol. The van der Waals surface area contributed by atoms with Gasteiger partial charge in [0.25, 0.3) is 0 Å². The van der Waals surface area contributed by atoms with Gasteiger partial charge in [-0.15, -0.1) is 0 Å². The second-order valence-corrected chi connectivity index (χ2v) is 12.8. The zero-order valence-corrected chi connectivity index (χ0v) is 27.6. The standard InChI is InChI=1S/C47H31N3O/c1-4-13-33(14-5-1)47-48-43-30-29-39-38(20-12-21-42(39)46(43)51-47)32-23-25-36(26-24-32)49(34-15-6-2-7-16-34)37-27-28-41-40-19-10-11-22-44(40)50(45(41)31-37)35-17-8-3-9-18-35/h1-31H. The first kappa shape index (κ1) is 29.0. The van der Waals surface area contributed by atoms with Gasteiger partial charge in [-0.05, 0) is 89.3 Å². The Morgan fingerprint density at radius 1 is 0.431 bits per heavy atom. The molecule has 4 heteroatoms. The number of para-hydroxylation sites is 3. The summed E-state index contributed by atoms with van der Waals surface area (Å²) in [6, 6.07) is 66.3. The first-order valence-electron chi connectivity index (χ1n) is 17.2. The van der Waals surface area contributed by atoms with Crippen LogP contribution >= 0.6 is 0 Å². The summed E-state index contributed by atoms with van der Waals surface area (Å²) >= 11 is 0. The Morgan fingerprint density at radius 2 is 1.06 bits per heavy atom. The number of anilines is 3. The van der Waals surface area contributed by atoms with E-state index in [4.69, 9.17) is 9.40 Å². The summed E-state index contributed by atoms with van der Waals surface area (Å²) in [5, 5.41) is 4.66. The molecule has 0 radical (unpaired) electrons. The van der Waals surface area contributed by atoms with Gasteiger partial charge in [0.05, 0.1) is 11.0 Å². The first-order valence-corrected chi connectivity index (χ1v) is 17.2.